The van der Waals surface area contributed by atoms with Crippen molar-refractivity contribution in [2.45, 2.75) is 136 Å². The van der Waals surface area contributed by atoms with Crippen LogP contribution in [0.4, 0.5) is 0 Å². The number of quaternary nitrogens is 1. The van der Waals surface area contributed by atoms with Gasteiger partial charge in [-0.2, -0.15) is 0 Å². The number of rotatable bonds is 21. The average Bonchev–Trinajstić information content (AvgIpc) is 2.62. The first-order valence-electron chi connectivity index (χ1n) is 12.8. The van der Waals surface area contributed by atoms with Gasteiger partial charge in [-0.25, -0.2) is 0 Å². The third kappa shape index (κ3) is 22.1. The molecule has 0 aliphatic heterocycles. The maximum absolute atomic E-state index is 2.41. The topological polar surface area (TPSA) is 0 Å². The average molecular weight is 383 g/mol. The molecule has 164 valence electrons. The van der Waals surface area contributed by atoms with Crippen LogP contribution in [-0.2, 0) is 0 Å². The summed E-state index contributed by atoms with van der Waals surface area (Å²) in [5, 5.41) is 0. The summed E-state index contributed by atoms with van der Waals surface area (Å²) in [5.41, 5.74) is 0. The highest BCUT2D eigenvalue weighted by Gasteiger charge is 2.14. The van der Waals surface area contributed by atoms with E-state index in [1.165, 1.54) is 133 Å². The molecule has 0 unspecified atom stereocenters. The van der Waals surface area contributed by atoms with Crippen molar-refractivity contribution in [2.24, 2.45) is 5.92 Å². The van der Waals surface area contributed by atoms with Gasteiger partial charge in [-0.1, -0.05) is 117 Å². The maximum atomic E-state index is 2.41. The summed E-state index contributed by atoms with van der Waals surface area (Å²) < 4.78 is 1.22. The second kappa shape index (κ2) is 19.3. The van der Waals surface area contributed by atoms with Crippen molar-refractivity contribution >= 4 is 0 Å². The Bertz CT molecular complexity index is 282. The molecule has 0 saturated heterocycles. The van der Waals surface area contributed by atoms with Crippen LogP contribution in [-0.4, -0.2) is 31.7 Å². The zero-order valence-corrected chi connectivity index (χ0v) is 20.2. The van der Waals surface area contributed by atoms with E-state index in [2.05, 4.69) is 34.9 Å². The molecule has 0 saturated carbocycles. The van der Waals surface area contributed by atoms with Gasteiger partial charge in [0.2, 0.25) is 0 Å². The van der Waals surface area contributed by atoms with Crippen LogP contribution in [0.25, 0.3) is 0 Å². The molecule has 0 aromatic heterocycles. The van der Waals surface area contributed by atoms with Crippen molar-refractivity contribution in [1.29, 1.82) is 0 Å². The smallest absolute Gasteiger partial charge is 0.0784 e. The lowest BCUT2D eigenvalue weighted by Gasteiger charge is -2.30. The third-order valence-corrected chi connectivity index (χ3v) is 6.18. The fraction of sp³-hybridized carbons (Fsp3) is 1.00. The van der Waals surface area contributed by atoms with E-state index in [9.17, 15) is 0 Å². The Morgan fingerprint density at radius 3 is 1.15 bits per heavy atom. The Kier molecular flexibility index (Phi) is 19.3. The van der Waals surface area contributed by atoms with E-state index < -0.39 is 0 Å². The van der Waals surface area contributed by atoms with Crippen LogP contribution in [0.1, 0.15) is 136 Å². The zero-order valence-electron chi connectivity index (χ0n) is 20.2. The van der Waals surface area contributed by atoms with E-state index in [4.69, 9.17) is 0 Å². The van der Waals surface area contributed by atoms with Crippen molar-refractivity contribution in [3.8, 4) is 0 Å². The minimum atomic E-state index is 0.845. The lowest BCUT2D eigenvalue weighted by molar-refractivity contribution is -0.891. The van der Waals surface area contributed by atoms with Crippen LogP contribution in [0.3, 0.4) is 0 Å². The van der Waals surface area contributed by atoms with Crippen LogP contribution in [0.15, 0.2) is 0 Å². The molecule has 0 spiro atoms. The third-order valence-electron chi connectivity index (χ3n) is 6.18. The van der Waals surface area contributed by atoms with Gasteiger partial charge in [-0.15, -0.1) is 0 Å². The summed E-state index contributed by atoms with van der Waals surface area (Å²) in [6.07, 6.45) is 26.2. The number of unbranched alkanes of at least 4 members (excludes halogenated alkanes) is 16. The molecule has 0 N–H and O–H groups in total. The van der Waals surface area contributed by atoms with Crippen LogP contribution < -0.4 is 0 Å². The molecule has 0 aromatic carbocycles. The normalized spacial score (nSPS) is 12.2. The van der Waals surface area contributed by atoms with E-state index >= 15 is 0 Å². The van der Waals surface area contributed by atoms with Gasteiger partial charge in [0.15, 0.2) is 0 Å². The first-order chi connectivity index (χ1) is 13.0. The SMILES string of the molecule is CCCCCCCCCCCCCCCCCCC[N+](C)(C)CCC(C)C. The summed E-state index contributed by atoms with van der Waals surface area (Å²) in [6, 6.07) is 0. The Labute approximate surface area is 174 Å². The van der Waals surface area contributed by atoms with Gasteiger partial charge < -0.3 is 4.48 Å². The highest BCUT2D eigenvalue weighted by molar-refractivity contribution is 4.51. The molecule has 0 aliphatic carbocycles. The molecular weight excluding hydrogens is 326 g/mol. The predicted molar refractivity (Wildman–Crippen MR) is 125 cm³/mol. The highest BCUT2D eigenvalue weighted by Crippen LogP contribution is 2.15. The number of hydrogen-bond donors (Lipinski definition) is 0. The lowest BCUT2D eigenvalue weighted by Crippen LogP contribution is -2.41. The minimum Gasteiger partial charge on any atom is -0.328 e. The van der Waals surface area contributed by atoms with Crippen LogP contribution >= 0.6 is 0 Å². The van der Waals surface area contributed by atoms with Gasteiger partial charge in [0.25, 0.3) is 0 Å². The molecule has 0 fully saturated rings. The molecule has 0 rings (SSSR count). The highest BCUT2D eigenvalue weighted by atomic mass is 15.3. The summed E-state index contributed by atoms with van der Waals surface area (Å²) in [7, 11) is 4.82. The largest absolute Gasteiger partial charge is 0.328 e. The Hall–Kier alpha value is -0.0400. The molecule has 0 amide bonds. The molecule has 27 heavy (non-hydrogen) atoms. The van der Waals surface area contributed by atoms with Crippen molar-refractivity contribution in [3.63, 3.8) is 0 Å². The monoisotopic (exact) mass is 382 g/mol. The molecule has 1 heteroatoms. The van der Waals surface area contributed by atoms with Gasteiger partial charge in [0.05, 0.1) is 27.2 Å². The van der Waals surface area contributed by atoms with Gasteiger partial charge in [0.1, 0.15) is 0 Å². The van der Waals surface area contributed by atoms with Gasteiger partial charge >= 0.3 is 0 Å². The van der Waals surface area contributed by atoms with E-state index in [0.717, 1.165) is 5.92 Å². The second-order valence-corrected chi connectivity index (χ2v) is 10.2. The summed E-state index contributed by atoms with van der Waals surface area (Å²) in [5.74, 6) is 0.845. The molecule has 1 nitrogen and oxygen atoms in total. The summed E-state index contributed by atoms with van der Waals surface area (Å²) in [6.45, 7) is 9.70. The molecule has 0 bridgehead atoms. The van der Waals surface area contributed by atoms with Crippen LogP contribution in [0.2, 0.25) is 0 Å². The fourth-order valence-corrected chi connectivity index (χ4v) is 3.98. The van der Waals surface area contributed by atoms with Gasteiger partial charge in [0, 0.05) is 0 Å². The van der Waals surface area contributed by atoms with E-state index in [1.807, 2.05) is 0 Å². The van der Waals surface area contributed by atoms with Gasteiger partial charge in [-0.3, -0.25) is 0 Å². The first kappa shape index (κ1) is 27.0. The van der Waals surface area contributed by atoms with Crippen LogP contribution in [0.5, 0.6) is 0 Å². The van der Waals surface area contributed by atoms with Gasteiger partial charge in [-0.05, 0) is 25.2 Å². The Balaban J connectivity index is 3.19. The quantitative estimate of drug-likeness (QED) is 0.137. The predicted octanol–water partition coefficient (Wildman–Crippen LogP) is 8.76. The molecule has 0 heterocycles. The Morgan fingerprint density at radius 2 is 0.815 bits per heavy atom. The van der Waals surface area contributed by atoms with Crippen molar-refractivity contribution in [2.75, 3.05) is 27.2 Å². The standard InChI is InChI=1S/C26H56N/c1-6-7-8-9-10-11-12-13-14-15-16-17-18-19-20-21-22-24-27(4,5)25-23-26(2)3/h26H,6-25H2,1-5H3/q+1. The van der Waals surface area contributed by atoms with E-state index in [0.29, 0.717) is 0 Å². The summed E-state index contributed by atoms with van der Waals surface area (Å²) in [4.78, 5) is 0. The van der Waals surface area contributed by atoms with Crippen LogP contribution in [0, 0.1) is 5.92 Å². The lowest BCUT2D eigenvalue weighted by atomic mass is 10.0. The molecule has 0 aromatic rings. The maximum Gasteiger partial charge on any atom is 0.0784 e. The van der Waals surface area contributed by atoms with Crippen molar-refractivity contribution < 1.29 is 4.48 Å². The molecular formula is C26H56N+. The first-order valence-corrected chi connectivity index (χ1v) is 12.8. The van der Waals surface area contributed by atoms with E-state index in [-0.39, 0.29) is 0 Å². The molecule has 0 radical (unpaired) electrons. The van der Waals surface area contributed by atoms with Crippen molar-refractivity contribution in [3.05, 3.63) is 0 Å². The fourth-order valence-electron chi connectivity index (χ4n) is 3.98. The molecule has 0 atom stereocenters. The minimum absolute atomic E-state index is 0.845. The summed E-state index contributed by atoms with van der Waals surface area (Å²) >= 11 is 0. The second-order valence-electron chi connectivity index (χ2n) is 10.2. The van der Waals surface area contributed by atoms with E-state index in [1.54, 1.807) is 0 Å². The van der Waals surface area contributed by atoms with Crippen molar-refractivity contribution in [1.82, 2.24) is 0 Å². The zero-order chi connectivity index (χ0) is 20.2. The molecule has 0 aliphatic rings. The number of nitrogens with zero attached hydrogens (tertiary/aromatic N) is 1. The Morgan fingerprint density at radius 1 is 0.481 bits per heavy atom. The number of hydrogen-bond acceptors (Lipinski definition) is 0.